The SMILES string of the molecule is C[C@]1(CC(=O)O)C[C@H](c2cccc(Cl)c2)[C@@H](c2ccc(Cl)cc2)N(c2ccccc2)C1=O. The Morgan fingerprint density at radius 1 is 0.969 bits per heavy atom. The van der Waals surface area contributed by atoms with Crippen molar-refractivity contribution < 1.29 is 14.7 Å². The Balaban J connectivity index is 1.94. The molecule has 1 saturated heterocycles. The molecule has 0 saturated carbocycles. The van der Waals surface area contributed by atoms with E-state index in [9.17, 15) is 14.7 Å². The second-order valence-electron chi connectivity index (χ2n) is 8.50. The fourth-order valence-electron chi connectivity index (χ4n) is 4.71. The fraction of sp³-hybridized carbons (Fsp3) is 0.231. The Morgan fingerprint density at radius 2 is 1.66 bits per heavy atom. The van der Waals surface area contributed by atoms with E-state index in [-0.39, 0.29) is 24.3 Å². The van der Waals surface area contributed by atoms with Gasteiger partial charge in [0.05, 0.1) is 17.9 Å². The zero-order valence-corrected chi connectivity index (χ0v) is 19.1. The number of aliphatic carboxylic acids is 1. The third-order valence-electron chi connectivity index (χ3n) is 6.13. The molecule has 32 heavy (non-hydrogen) atoms. The molecule has 1 heterocycles. The number of carbonyl (C=O) groups is 2. The minimum atomic E-state index is -1.07. The van der Waals surface area contributed by atoms with Crippen LogP contribution in [0.1, 0.15) is 42.9 Å². The lowest BCUT2D eigenvalue weighted by Gasteiger charge is -2.49. The lowest BCUT2D eigenvalue weighted by molar-refractivity contribution is -0.145. The molecule has 1 amide bonds. The van der Waals surface area contributed by atoms with Crippen LogP contribution in [0.25, 0.3) is 0 Å². The fourth-order valence-corrected chi connectivity index (χ4v) is 5.03. The summed E-state index contributed by atoms with van der Waals surface area (Å²) in [7, 11) is 0. The van der Waals surface area contributed by atoms with Crippen LogP contribution in [0.3, 0.4) is 0 Å². The van der Waals surface area contributed by atoms with E-state index in [1.165, 1.54) is 0 Å². The summed E-state index contributed by atoms with van der Waals surface area (Å²) < 4.78 is 0. The zero-order chi connectivity index (χ0) is 22.9. The first-order valence-electron chi connectivity index (χ1n) is 10.4. The molecule has 0 aliphatic carbocycles. The van der Waals surface area contributed by atoms with Gasteiger partial charge in [-0.3, -0.25) is 9.59 Å². The summed E-state index contributed by atoms with van der Waals surface area (Å²) in [6.07, 6.45) is 0.134. The van der Waals surface area contributed by atoms with Crippen LogP contribution >= 0.6 is 23.2 Å². The van der Waals surface area contributed by atoms with Crippen molar-refractivity contribution in [2.24, 2.45) is 5.41 Å². The molecule has 3 atom stereocenters. The number of nitrogens with zero attached hydrogens (tertiary/aromatic N) is 1. The summed E-state index contributed by atoms with van der Waals surface area (Å²) in [4.78, 5) is 27.4. The van der Waals surface area contributed by atoms with Crippen molar-refractivity contribution in [1.82, 2.24) is 0 Å². The number of rotatable bonds is 5. The first-order valence-corrected chi connectivity index (χ1v) is 11.2. The third-order valence-corrected chi connectivity index (χ3v) is 6.62. The maximum atomic E-state index is 13.9. The molecule has 6 heteroatoms. The van der Waals surface area contributed by atoms with Crippen molar-refractivity contribution in [2.75, 3.05) is 4.90 Å². The van der Waals surface area contributed by atoms with Crippen molar-refractivity contribution >= 4 is 40.8 Å². The number of hydrogen-bond acceptors (Lipinski definition) is 2. The molecule has 4 rings (SSSR count). The van der Waals surface area contributed by atoms with Crippen molar-refractivity contribution in [3.63, 3.8) is 0 Å². The molecule has 0 unspecified atom stereocenters. The lowest BCUT2D eigenvalue weighted by Crippen LogP contribution is -2.52. The van der Waals surface area contributed by atoms with Gasteiger partial charge in [-0.25, -0.2) is 0 Å². The maximum Gasteiger partial charge on any atom is 0.304 e. The molecular weight excluding hydrogens is 445 g/mol. The molecule has 0 bridgehead atoms. The number of anilines is 1. The molecule has 4 nitrogen and oxygen atoms in total. The Labute approximate surface area is 197 Å². The van der Waals surface area contributed by atoms with E-state index in [0.29, 0.717) is 16.5 Å². The van der Waals surface area contributed by atoms with Crippen LogP contribution in [0.2, 0.25) is 10.0 Å². The third kappa shape index (κ3) is 4.38. The Morgan fingerprint density at radius 3 is 2.28 bits per heavy atom. The molecule has 3 aromatic carbocycles. The van der Waals surface area contributed by atoms with E-state index in [4.69, 9.17) is 23.2 Å². The Kier molecular flexibility index (Phi) is 6.27. The van der Waals surface area contributed by atoms with Gasteiger partial charge >= 0.3 is 5.97 Å². The largest absolute Gasteiger partial charge is 0.481 e. The van der Waals surface area contributed by atoms with E-state index in [1.807, 2.05) is 78.9 Å². The highest BCUT2D eigenvalue weighted by Crippen LogP contribution is 2.52. The zero-order valence-electron chi connectivity index (χ0n) is 17.5. The molecule has 1 aliphatic rings. The molecule has 1 N–H and O–H groups in total. The number of carboxylic acid groups (broad SMARTS) is 1. The van der Waals surface area contributed by atoms with Crippen LogP contribution in [0, 0.1) is 5.41 Å². The van der Waals surface area contributed by atoms with Gasteiger partial charge in [0.15, 0.2) is 0 Å². The minimum absolute atomic E-state index is 0.169. The highest BCUT2D eigenvalue weighted by molar-refractivity contribution is 6.30. The predicted molar refractivity (Wildman–Crippen MR) is 127 cm³/mol. The number of carbonyl (C=O) groups excluding carboxylic acids is 1. The molecule has 0 spiro atoms. The number of carboxylic acids is 1. The summed E-state index contributed by atoms with van der Waals surface area (Å²) in [6, 6.07) is 24.1. The van der Waals surface area contributed by atoms with Gasteiger partial charge in [-0.1, -0.05) is 72.6 Å². The van der Waals surface area contributed by atoms with Gasteiger partial charge in [0, 0.05) is 21.7 Å². The minimum Gasteiger partial charge on any atom is -0.481 e. The van der Waals surface area contributed by atoms with Crippen molar-refractivity contribution in [3.8, 4) is 0 Å². The first-order chi connectivity index (χ1) is 15.3. The monoisotopic (exact) mass is 467 g/mol. The molecule has 0 aromatic heterocycles. The summed E-state index contributed by atoms with van der Waals surface area (Å²) in [5, 5.41) is 10.8. The Bertz CT molecular complexity index is 1130. The number of hydrogen-bond donors (Lipinski definition) is 1. The number of halogens is 2. The van der Waals surface area contributed by atoms with Gasteiger partial charge in [0.25, 0.3) is 0 Å². The van der Waals surface area contributed by atoms with Gasteiger partial charge in [-0.2, -0.15) is 0 Å². The predicted octanol–water partition coefficient (Wildman–Crippen LogP) is 6.74. The second kappa shape index (κ2) is 8.97. The van der Waals surface area contributed by atoms with E-state index < -0.39 is 11.4 Å². The average Bonchev–Trinajstić information content (AvgIpc) is 2.76. The second-order valence-corrected chi connectivity index (χ2v) is 9.38. The molecule has 164 valence electrons. The Hall–Kier alpha value is -2.82. The van der Waals surface area contributed by atoms with Crippen LogP contribution < -0.4 is 4.90 Å². The van der Waals surface area contributed by atoms with Crippen LogP contribution in [0.4, 0.5) is 5.69 Å². The quantitative estimate of drug-likeness (QED) is 0.451. The van der Waals surface area contributed by atoms with Gasteiger partial charge in [-0.05, 0) is 53.9 Å². The summed E-state index contributed by atoms with van der Waals surface area (Å²) in [5.74, 6) is -1.37. The van der Waals surface area contributed by atoms with Crippen LogP contribution in [-0.4, -0.2) is 17.0 Å². The molecule has 1 fully saturated rings. The topological polar surface area (TPSA) is 57.6 Å². The average molecular weight is 468 g/mol. The first kappa shape index (κ1) is 22.4. The van der Waals surface area contributed by atoms with Crippen molar-refractivity contribution in [3.05, 3.63) is 100 Å². The number of amides is 1. The number of piperidine rings is 1. The van der Waals surface area contributed by atoms with Gasteiger partial charge < -0.3 is 10.0 Å². The summed E-state index contributed by atoms with van der Waals surface area (Å²) in [6.45, 7) is 1.75. The van der Waals surface area contributed by atoms with E-state index in [1.54, 1.807) is 11.8 Å². The molecular formula is C26H23Cl2NO3. The van der Waals surface area contributed by atoms with Crippen LogP contribution in [0.5, 0.6) is 0 Å². The molecule has 0 radical (unpaired) electrons. The molecule has 3 aromatic rings. The standard InChI is InChI=1S/C26H23Cl2NO3/c1-26(16-23(30)31)15-22(18-6-5-7-20(28)14-18)24(17-10-12-19(27)13-11-17)29(25(26)32)21-8-3-2-4-9-21/h2-14,22,24H,15-16H2,1H3,(H,30,31)/t22-,24-,26-/m1/s1. The van der Waals surface area contributed by atoms with E-state index in [0.717, 1.165) is 16.8 Å². The maximum absolute atomic E-state index is 13.9. The molecule has 1 aliphatic heterocycles. The van der Waals surface area contributed by atoms with Gasteiger partial charge in [0.2, 0.25) is 5.91 Å². The summed E-state index contributed by atoms with van der Waals surface area (Å²) >= 11 is 12.5. The van der Waals surface area contributed by atoms with Gasteiger partial charge in [0.1, 0.15) is 0 Å². The van der Waals surface area contributed by atoms with Crippen molar-refractivity contribution in [1.29, 1.82) is 0 Å². The smallest absolute Gasteiger partial charge is 0.304 e. The lowest BCUT2D eigenvalue weighted by atomic mass is 9.67. The number of benzene rings is 3. The van der Waals surface area contributed by atoms with Crippen LogP contribution in [-0.2, 0) is 9.59 Å². The summed E-state index contributed by atoms with van der Waals surface area (Å²) in [5.41, 5.74) is 1.54. The number of para-hydroxylation sites is 1. The highest BCUT2D eigenvalue weighted by Gasteiger charge is 2.51. The normalized spacial score (nSPS) is 23.2. The van der Waals surface area contributed by atoms with E-state index in [2.05, 4.69) is 0 Å². The van der Waals surface area contributed by atoms with Crippen LogP contribution in [0.15, 0.2) is 78.9 Å². The van der Waals surface area contributed by atoms with Gasteiger partial charge in [-0.15, -0.1) is 0 Å². The van der Waals surface area contributed by atoms with Crippen molar-refractivity contribution in [2.45, 2.75) is 31.7 Å². The van der Waals surface area contributed by atoms with E-state index >= 15 is 0 Å². The highest BCUT2D eigenvalue weighted by atomic mass is 35.5.